The Balaban J connectivity index is 2.01. The van der Waals surface area contributed by atoms with Gasteiger partial charge in [0.15, 0.2) is 0 Å². The van der Waals surface area contributed by atoms with E-state index < -0.39 is 0 Å². The van der Waals surface area contributed by atoms with Gasteiger partial charge in [-0.1, -0.05) is 24.3 Å². The normalized spacial score (nSPS) is 13.5. The van der Waals surface area contributed by atoms with E-state index in [9.17, 15) is 0 Å². The molecule has 0 aliphatic carbocycles. The zero-order chi connectivity index (χ0) is 15.8. The van der Waals surface area contributed by atoms with Crippen LogP contribution in [0.5, 0.6) is 5.75 Å². The second-order valence-corrected chi connectivity index (χ2v) is 5.24. The van der Waals surface area contributed by atoms with Crippen molar-refractivity contribution in [1.29, 1.82) is 10.8 Å². The van der Waals surface area contributed by atoms with E-state index in [0.29, 0.717) is 13.2 Å². The van der Waals surface area contributed by atoms with Gasteiger partial charge < -0.3 is 9.64 Å². The molecule has 3 aromatic rings. The van der Waals surface area contributed by atoms with Gasteiger partial charge in [-0.15, -0.1) is 0 Å². The van der Waals surface area contributed by atoms with Gasteiger partial charge in [0.2, 0.25) is 5.62 Å². The van der Waals surface area contributed by atoms with Crippen LogP contribution in [0.25, 0.3) is 10.9 Å². The molecule has 0 bridgehead atoms. The standard InChI is InChI=1S/C17H15N5O/c18-11-22-13-6-2-1-5-12(13)16(20-17(22)19)21-9-10-23-15-8-4-3-7-14(15)21/h1-8,11,18-19H,9-10H2. The SMILES string of the molecule is N=Cn1c(=N)nc(N2CCOc3ccccc32)c2ccccc21. The Kier molecular flexibility index (Phi) is 3.08. The van der Waals surface area contributed by atoms with Crippen LogP contribution in [-0.4, -0.2) is 29.0 Å². The molecule has 1 aliphatic heterocycles. The lowest BCUT2D eigenvalue weighted by Crippen LogP contribution is -2.32. The van der Waals surface area contributed by atoms with Gasteiger partial charge in [0, 0.05) is 5.39 Å². The summed E-state index contributed by atoms with van der Waals surface area (Å²) >= 11 is 0. The zero-order valence-electron chi connectivity index (χ0n) is 12.4. The molecule has 6 nitrogen and oxygen atoms in total. The average Bonchev–Trinajstić information content (AvgIpc) is 2.61. The fourth-order valence-electron chi connectivity index (χ4n) is 2.93. The minimum atomic E-state index is 0.0395. The summed E-state index contributed by atoms with van der Waals surface area (Å²) in [5, 5.41) is 16.6. The number of hydrogen-bond donors (Lipinski definition) is 2. The number of anilines is 2. The minimum Gasteiger partial charge on any atom is -0.490 e. The number of ether oxygens (including phenoxy) is 1. The summed E-state index contributed by atoms with van der Waals surface area (Å²) in [4.78, 5) is 6.52. The van der Waals surface area contributed by atoms with Crippen molar-refractivity contribution < 1.29 is 4.74 Å². The second kappa shape index (κ2) is 5.24. The highest BCUT2D eigenvalue weighted by molar-refractivity contribution is 5.94. The first-order valence-electron chi connectivity index (χ1n) is 7.35. The molecule has 0 radical (unpaired) electrons. The summed E-state index contributed by atoms with van der Waals surface area (Å²) < 4.78 is 7.17. The lowest BCUT2D eigenvalue weighted by Gasteiger charge is -2.31. The monoisotopic (exact) mass is 305 g/mol. The highest BCUT2D eigenvalue weighted by Gasteiger charge is 2.22. The fraction of sp³-hybridized carbons (Fsp3) is 0.118. The van der Waals surface area contributed by atoms with E-state index >= 15 is 0 Å². The summed E-state index contributed by atoms with van der Waals surface area (Å²) in [6.07, 6.45) is 1.12. The lowest BCUT2D eigenvalue weighted by atomic mass is 10.2. The summed E-state index contributed by atoms with van der Waals surface area (Å²) in [5.41, 5.74) is 1.78. The van der Waals surface area contributed by atoms with Crippen LogP contribution in [0, 0.1) is 10.8 Å². The number of nitrogens with one attached hydrogen (secondary N) is 2. The van der Waals surface area contributed by atoms with Crippen LogP contribution in [0.15, 0.2) is 48.5 Å². The number of fused-ring (bicyclic) bond motifs is 2. The van der Waals surface area contributed by atoms with Crippen LogP contribution in [0.4, 0.5) is 11.5 Å². The van der Waals surface area contributed by atoms with E-state index in [1.165, 1.54) is 4.57 Å². The van der Waals surface area contributed by atoms with Crippen LogP contribution < -0.4 is 15.3 Å². The second-order valence-electron chi connectivity index (χ2n) is 5.24. The number of hydrogen-bond acceptors (Lipinski definition) is 5. The molecule has 2 heterocycles. The fourth-order valence-corrected chi connectivity index (χ4v) is 2.93. The summed E-state index contributed by atoms with van der Waals surface area (Å²) in [6, 6.07) is 15.5. The zero-order valence-corrected chi connectivity index (χ0v) is 12.4. The maximum atomic E-state index is 8.14. The van der Waals surface area contributed by atoms with Gasteiger partial charge in [-0.3, -0.25) is 15.4 Å². The van der Waals surface area contributed by atoms with E-state index in [-0.39, 0.29) is 5.62 Å². The molecule has 0 atom stereocenters. The van der Waals surface area contributed by atoms with Gasteiger partial charge in [0.25, 0.3) is 0 Å². The van der Waals surface area contributed by atoms with E-state index in [4.69, 9.17) is 15.6 Å². The third-order valence-corrected chi connectivity index (χ3v) is 3.96. The van der Waals surface area contributed by atoms with Crippen LogP contribution in [-0.2, 0) is 0 Å². The Bertz CT molecular complexity index is 963. The lowest BCUT2D eigenvalue weighted by molar-refractivity contribution is 0.313. The Morgan fingerprint density at radius 3 is 2.74 bits per heavy atom. The molecule has 23 heavy (non-hydrogen) atoms. The van der Waals surface area contributed by atoms with Crippen molar-refractivity contribution in [2.24, 2.45) is 0 Å². The molecule has 2 aromatic carbocycles. The molecule has 0 amide bonds. The van der Waals surface area contributed by atoms with Gasteiger partial charge in [-0.2, -0.15) is 4.98 Å². The van der Waals surface area contributed by atoms with Crippen LogP contribution in [0.2, 0.25) is 0 Å². The summed E-state index contributed by atoms with van der Waals surface area (Å²) in [7, 11) is 0. The Morgan fingerprint density at radius 2 is 1.87 bits per heavy atom. The first kappa shape index (κ1) is 13.5. The van der Waals surface area contributed by atoms with E-state index in [0.717, 1.165) is 34.5 Å². The van der Waals surface area contributed by atoms with Crippen molar-refractivity contribution in [3.05, 3.63) is 54.1 Å². The minimum absolute atomic E-state index is 0.0395. The molecule has 0 spiro atoms. The van der Waals surface area contributed by atoms with E-state index in [2.05, 4.69) is 9.88 Å². The van der Waals surface area contributed by atoms with Gasteiger partial charge >= 0.3 is 0 Å². The van der Waals surface area contributed by atoms with Crippen molar-refractivity contribution >= 4 is 28.7 Å². The van der Waals surface area contributed by atoms with Crippen molar-refractivity contribution in [2.45, 2.75) is 0 Å². The molecule has 0 saturated carbocycles. The molecule has 6 heteroatoms. The van der Waals surface area contributed by atoms with E-state index in [1.807, 2.05) is 48.5 Å². The molecule has 0 saturated heterocycles. The molecular formula is C17H15N5O. The Hall–Kier alpha value is -3.15. The van der Waals surface area contributed by atoms with Crippen LogP contribution in [0.3, 0.4) is 0 Å². The van der Waals surface area contributed by atoms with Crippen LogP contribution >= 0.6 is 0 Å². The van der Waals surface area contributed by atoms with Crippen molar-refractivity contribution in [3.63, 3.8) is 0 Å². The van der Waals surface area contributed by atoms with Gasteiger partial charge in [-0.05, 0) is 24.3 Å². The van der Waals surface area contributed by atoms with Gasteiger partial charge in [-0.25, -0.2) is 0 Å². The van der Waals surface area contributed by atoms with Gasteiger partial charge in [0.1, 0.15) is 18.2 Å². The maximum Gasteiger partial charge on any atom is 0.229 e. The van der Waals surface area contributed by atoms with Gasteiger partial charge in [0.05, 0.1) is 24.1 Å². The summed E-state index contributed by atoms with van der Waals surface area (Å²) in [6.45, 7) is 1.24. The smallest absolute Gasteiger partial charge is 0.229 e. The molecule has 1 aliphatic rings. The number of rotatable bonds is 2. The molecule has 0 unspecified atom stereocenters. The Labute approximate surface area is 132 Å². The van der Waals surface area contributed by atoms with Crippen molar-refractivity contribution in [3.8, 4) is 5.75 Å². The van der Waals surface area contributed by atoms with E-state index in [1.54, 1.807) is 0 Å². The third-order valence-electron chi connectivity index (χ3n) is 3.96. The molecular weight excluding hydrogens is 290 g/mol. The highest BCUT2D eigenvalue weighted by Crippen LogP contribution is 2.37. The quantitative estimate of drug-likeness (QED) is 0.564. The predicted octanol–water partition coefficient (Wildman–Crippen LogP) is 2.50. The number of nitrogens with zero attached hydrogens (tertiary/aromatic N) is 3. The molecule has 0 fully saturated rings. The highest BCUT2D eigenvalue weighted by atomic mass is 16.5. The molecule has 2 N–H and O–H groups in total. The molecule has 114 valence electrons. The van der Waals surface area contributed by atoms with Crippen molar-refractivity contribution in [1.82, 2.24) is 9.55 Å². The summed E-state index contributed by atoms with van der Waals surface area (Å²) in [5.74, 6) is 1.54. The number of benzene rings is 2. The average molecular weight is 305 g/mol. The topological polar surface area (TPSA) is 78.0 Å². The molecule has 1 aromatic heterocycles. The largest absolute Gasteiger partial charge is 0.490 e. The first-order chi connectivity index (χ1) is 11.3. The molecule has 4 rings (SSSR count). The van der Waals surface area contributed by atoms with Crippen LogP contribution in [0.1, 0.15) is 0 Å². The predicted molar refractivity (Wildman–Crippen MR) is 88.7 cm³/mol. The first-order valence-corrected chi connectivity index (χ1v) is 7.35. The number of para-hydroxylation sites is 3. The van der Waals surface area contributed by atoms with Crippen molar-refractivity contribution in [2.75, 3.05) is 18.1 Å². The third kappa shape index (κ3) is 2.07. The Morgan fingerprint density at radius 1 is 1.09 bits per heavy atom. The number of aromatic nitrogens is 2. The maximum absolute atomic E-state index is 8.14.